The minimum absolute atomic E-state index is 0. The Labute approximate surface area is 45.7 Å². The van der Waals surface area contributed by atoms with Gasteiger partial charge in [0.15, 0.2) is 0 Å². The molecule has 0 aliphatic carbocycles. The zero-order valence-corrected chi connectivity index (χ0v) is 4.50. The topological polar surface area (TPSA) is 31.5 Å². The van der Waals surface area contributed by atoms with Crippen LogP contribution in [0.4, 0.5) is 0 Å². The first-order chi connectivity index (χ1) is 1.00. The molecule has 0 spiro atoms. The fraction of sp³-hybridized carbons (Fsp3) is 1.00. The predicted octanol–water partition coefficient (Wildman–Crippen LogP) is -2.34. The first-order valence-electron chi connectivity index (χ1n) is 1.00. The second kappa shape index (κ2) is 38.4. The van der Waals surface area contributed by atoms with Gasteiger partial charge >= 0.3 is 23.1 Å². The second-order valence-corrected chi connectivity index (χ2v) is 0. The standard InChI is InChI=1S/CH6Si.Mg.H2O.2H/c1-2;;;;/h1-2H3;;1H2;;. The summed E-state index contributed by atoms with van der Waals surface area (Å²) in [5.41, 5.74) is 0. The Bertz CT molecular complexity index is 8.00. The van der Waals surface area contributed by atoms with Crippen molar-refractivity contribution in [3.05, 3.63) is 0 Å². The lowest BCUT2D eigenvalue weighted by molar-refractivity contribution is 0.824. The van der Waals surface area contributed by atoms with Crippen molar-refractivity contribution >= 4 is 33.3 Å². The summed E-state index contributed by atoms with van der Waals surface area (Å²) in [4.78, 5) is 0. The minimum atomic E-state index is 0. The van der Waals surface area contributed by atoms with E-state index in [1.54, 1.807) is 0 Å². The van der Waals surface area contributed by atoms with Crippen molar-refractivity contribution in [3.8, 4) is 0 Å². The van der Waals surface area contributed by atoms with Gasteiger partial charge in [-0.25, -0.2) is 0 Å². The SMILES string of the molecule is C[SiH3].O.[MgH2]. The van der Waals surface area contributed by atoms with Crippen LogP contribution in [0.5, 0.6) is 0 Å². The molecular weight excluding hydrogens is 80.4 g/mol. The molecule has 0 rings (SSSR count). The van der Waals surface area contributed by atoms with Crippen LogP contribution in [0.2, 0.25) is 6.55 Å². The molecule has 0 aromatic heterocycles. The molecule has 0 bridgehead atoms. The molecule has 0 saturated heterocycles. The van der Waals surface area contributed by atoms with Gasteiger partial charge in [0, 0.05) is 0 Å². The van der Waals surface area contributed by atoms with Gasteiger partial charge in [0.2, 0.25) is 0 Å². The lowest BCUT2D eigenvalue weighted by atomic mass is 11.9. The molecule has 2 N–H and O–H groups in total. The molecule has 4 heavy (non-hydrogen) atoms. The van der Waals surface area contributed by atoms with Gasteiger partial charge < -0.3 is 5.48 Å². The van der Waals surface area contributed by atoms with E-state index < -0.39 is 0 Å². The van der Waals surface area contributed by atoms with Gasteiger partial charge in [0.25, 0.3) is 0 Å². The van der Waals surface area contributed by atoms with Crippen LogP contribution in [0.25, 0.3) is 0 Å². The molecule has 3 heteroatoms. The summed E-state index contributed by atoms with van der Waals surface area (Å²) in [6.07, 6.45) is 0. The summed E-state index contributed by atoms with van der Waals surface area (Å²) in [6.45, 7) is 2.14. The third-order valence-electron chi connectivity index (χ3n) is 0. The van der Waals surface area contributed by atoms with Crippen molar-refractivity contribution < 1.29 is 5.48 Å². The highest BCUT2D eigenvalue weighted by atomic mass is 28.1. The molecule has 0 atom stereocenters. The Morgan fingerprint density at radius 2 is 1.25 bits per heavy atom. The molecule has 0 aromatic rings. The van der Waals surface area contributed by atoms with Crippen LogP contribution in [0.1, 0.15) is 0 Å². The molecule has 0 saturated carbocycles. The molecule has 0 aliphatic rings. The third-order valence-corrected chi connectivity index (χ3v) is 0. The van der Waals surface area contributed by atoms with E-state index in [1.165, 1.54) is 10.2 Å². The molecule has 0 fully saturated rings. The molecule has 26 valence electrons. The average molecular weight is 90.5 g/mol. The zero-order chi connectivity index (χ0) is 2.00. The van der Waals surface area contributed by atoms with Crippen LogP contribution in [-0.2, 0) is 0 Å². The maximum Gasteiger partial charge on any atom is 0.316 e. The monoisotopic (exact) mass is 90.0 g/mol. The normalized spacial score (nSPS) is 2.25. The predicted molar refractivity (Wildman–Crippen MR) is 28.0 cm³/mol. The van der Waals surface area contributed by atoms with Crippen molar-refractivity contribution in [2.45, 2.75) is 6.55 Å². The Hall–Kier alpha value is 0.943. The van der Waals surface area contributed by atoms with Crippen LogP contribution >= 0.6 is 0 Å². The van der Waals surface area contributed by atoms with Crippen molar-refractivity contribution in [2.75, 3.05) is 0 Å². The quantitative estimate of drug-likeness (QED) is 0.299. The molecule has 0 aromatic carbocycles. The smallest absolute Gasteiger partial charge is 0.316 e. The van der Waals surface area contributed by atoms with Crippen LogP contribution in [0.3, 0.4) is 0 Å². The maximum atomic E-state index is 2.14. The van der Waals surface area contributed by atoms with Crippen molar-refractivity contribution in [3.63, 3.8) is 0 Å². The van der Waals surface area contributed by atoms with Gasteiger partial charge in [0.05, 0.1) is 0 Å². The third kappa shape index (κ3) is 12.5. The summed E-state index contributed by atoms with van der Waals surface area (Å²) < 4.78 is 0. The number of hydrogen-bond acceptors (Lipinski definition) is 0. The van der Waals surface area contributed by atoms with Gasteiger partial charge in [-0.3, -0.25) is 0 Å². The van der Waals surface area contributed by atoms with Crippen LogP contribution in [0.15, 0.2) is 0 Å². The first kappa shape index (κ1) is 20.4. The Kier molecular flexibility index (Phi) is 195. The Balaban J connectivity index is -0.00000000500. The molecule has 1 nitrogen and oxygen atoms in total. The van der Waals surface area contributed by atoms with Gasteiger partial charge in [-0.1, -0.05) is 6.55 Å². The number of rotatable bonds is 0. The summed E-state index contributed by atoms with van der Waals surface area (Å²) in [5.74, 6) is 0. The summed E-state index contributed by atoms with van der Waals surface area (Å²) in [5, 5.41) is 0. The van der Waals surface area contributed by atoms with Gasteiger partial charge in [-0.05, 0) is 10.2 Å². The van der Waals surface area contributed by atoms with E-state index >= 15 is 0 Å². The van der Waals surface area contributed by atoms with Crippen LogP contribution < -0.4 is 0 Å². The van der Waals surface area contributed by atoms with Crippen molar-refractivity contribution in [1.82, 2.24) is 0 Å². The van der Waals surface area contributed by atoms with Gasteiger partial charge in [0.1, 0.15) is 0 Å². The van der Waals surface area contributed by atoms with Gasteiger partial charge in [-0.2, -0.15) is 0 Å². The molecule has 0 radical (unpaired) electrons. The minimum Gasteiger partial charge on any atom is -0.412 e. The Morgan fingerprint density at radius 3 is 1.25 bits per heavy atom. The summed E-state index contributed by atoms with van der Waals surface area (Å²) in [6, 6.07) is 0. The molecular formula is CH10MgOSi. The van der Waals surface area contributed by atoms with Crippen LogP contribution in [0, 0.1) is 0 Å². The van der Waals surface area contributed by atoms with E-state index in [4.69, 9.17) is 0 Å². The highest BCUT2D eigenvalue weighted by Gasteiger charge is 0.962. The van der Waals surface area contributed by atoms with E-state index in [1.807, 2.05) is 0 Å². The largest absolute Gasteiger partial charge is 0.412 e. The lowest BCUT2D eigenvalue weighted by Gasteiger charge is -1.04. The van der Waals surface area contributed by atoms with E-state index in [0.29, 0.717) is 0 Å². The lowest BCUT2D eigenvalue weighted by Crippen LogP contribution is -1.13. The fourth-order valence-corrected chi connectivity index (χ4v) is 0. The molecule has 0 amide bonds. The van der Waals surface area contributed by atoms with Crippen molar-refractivity contribution in [1.29, 1.82) is 0 Å². The highest BCUT2D eigenvalue weighted by Crippen LogP contribution is 0.960. The van der Waals surface area contributed by atoms with E-state index in [-0.39, 0.29) is 28.5 Å². The van der Waals surface area contributed by atoms with Crippen molar-refractivity contribution in [2.24, 2.45) is 0 Å². The molecule has 0 unspecified atom stereocenters. The van der Waals surface area contributed by atoms with Crippen LogP contribution in [-0.4, -0.2) is 38.8 Å². The number of hydrogen-bond donors (Lipinski definition) is 0. The second-order valence-electron chi connectivity index (χ2n) is 0. The molecule has 0 heterocycles. The fourth-order valence-electron chi connectivity index (χ4n) is 0. The Morgan fingerprint density at radius 1 is 1.25 bits per heavy atom. The zero-order valence-electron chi connectivity index (χ0n) is 2.50. The average Bonchev–Trinajstić information content (AvgIpc) is 1.00. The highest BCUT2D eigenvalue weighted by molar-refractivity contribution is 6.05. The first-order valence-corrected chi connectivity index (χ1v) is 3.00. The van der Waals surface area contributed by atoms with Gasteiger partial charge in [-0.15, -0.1) is 0 Å². The summed E-state index contributed by atoms with van der Waals surface area (Å²) >= 11 is 0. The van der Waals surface area contributed by atoms with E-state index in [9.17, 15) is 0 Å². The maximum absolute atomic E-state index is 2.14. The van der Waals surface area contributed by atoms with E-state index in [2.05, 4.69) is 6.55 Å². The van der Waals surface area contributed by atoms with E-state index in [0.717, 1.165) is 0 Å². The molecule has 0 aliphatic heterocycles. The summed E-state index contributed by atoms with van der Waals surface area (Å²) in [7, 11) is 1.31.